The van der Waals surface area contributed by atoms with Gasteiger partial charge in [0.2, 0.25) is 5.78 Å². The molecule has 0 bridgehead atoms. The van der Waals surface area contributed by atoms with Gasteiger partial charge in [-0.1, -0.05) is 17.7 Å². The average Bonchev–Trinajstić information content (AvgIpc) is 3.12. The molecule has 2 heterocycles. The minimum atomic E-state index is -4.56. The molecule has 1 aliphatic heterocycles. The molecule has 126 valence electrons. The molecule has 1 aromatic carbocycles. The lowest BCUT2D eigenvalue weighted by molar-refractivity contribution is -0.137. The first kappa shape index (κ1) is 16.9. The van der Waals surface area contributed by atoms with Crippen molar-refractivity contribution in [3.8, 4) is 0 Å². The molecule has 0 spiro atoms. The lowest BCUT2D eigenvalue weighted by atomic mass is 9.98. The van der Waals surface area contributed by atoms with Crippen molar-refractivity contribution in [3.05, 3.63) is 62.6 Å². The predicted octanol–water partition coefficient (Wildman–Crippen LogP) is 4.65. The number of carbonyl (C=O) groups excluding carboxylic acids is 1. The highest BCUT2D eigenvalue weighted by molar-refractivity contribution is 7.10. The summed E-state index contributed by atoms with van der Waals surface area (Å²) in [7, 11) is 1.54. The Kier molecular flexibility index (Phi) is 4.31. The highest BCUT2D eigenvalue weighted by Gasteiger charge is 2.39. The average molecular weight is 374 g/mol. The second-order valence-electron chi connectivity index (χ2n) is 5.06. The number of rotatable bonds is 3. The monoisotopic (exact) mass is 373 g/mol. The molecule has 0 radical (unpaired) electrons. The highest BCUT2D eigenvalue weighted by atomic mass is 35.5. The molecular formula is C16H11ClF3NO2S. The van der Waals surface area contributed by atoms with E-state index in [-0.39, 0.29) is 22.0 Å². The van der Waals surface area contributed by atoms with Crippen molar-refractivity contribution in [1.82, 2.24) is 5.32 Å². The SMILES string of the molecule is CNC1=C(c2cc(Cl)cc(C(F)(F)F)c2)C(=O)C(c2cccs2)O1. The Morgan fingerprint density at radius 1 is 1.29 bits per heavy atom. The van der Waals surface area contributed by atoms with E-state index in [9.17, 15) is 18.0 Å². The van der Waals surface area contributed by atoms with Crippen LogP contribution < -0.4 is 5.32 Å². The van der Waals surface area contributed by atoms with Gasteiger partial charge in [-0.05, 0) is 35.2 Å². The van der Waals surface area contributed by atoms with Crippen LogP contribution in [-0.2, 0) is 15.7 Å². The van der Waals surface area contributed by atoms with Gasteiger partial charge in [-0.25, -0.2) is 0 Å². The standard InChI is InChI=1S/C16H11ClF3NO2S/c1-21-15-12(13(22)14(23-15)11-3-2-4-24-11)8-5-9(16(18,19)20)7-10(17)6-8/h2-7,14,21H,1H3. The summed E-state index contributed by atoms with van der Waals surface area (Å²) >= 11 is 7.15. The maximum absolute atomic E-state index is 13.0. The van der Waals surface area contributed by atoms with E-state index in [1.54, 1.807) is 17.5 Å². The minimum absolute atomic E-state index is 0.0592. The Hall–Kier alpha value is -1.99. The van der Waals surface area contributed by atoms with Gasteiger partial charge >= 0.3 is 6.18 Å². The topological polar surface area (TPSA) is 38.3 Å². The van der Waals surface area contributed by atoms with E-state index >= 15 is 0 Å². The van der Waals surface area contributed by atoms with Gasteiger partial charge in [0.05, 0.1) is 16.0 Å². The molecule has 1 unspecified atom stereocenters. The van der Waals surface area contributed by atoms with E-state index in [1.807, 2.05) is 0 Å². The Morgan fingerprint density at radius 2 is 2.04 bits per heavy atom. The summed E-state index contributed by atoms with van der Waals surface area (Å²) in [5, 5.41) is 4.42. The second-order valence-corrected chi connectivity index (χ2v) is 6.47. The van der Waals surface area contributed by atoms with Crippen LogP contribution in [0, 0.1) is 0 Å². The summed E-state index contributed by atoms with van der Waals surface area (Å²) in [5.41, 5.74) is -0.785. The summed E-state index contributed by atoms with van der Waals surface area (Å²) in [6.45, 7) is 0. The van der Waals surface area contributed by atoms with Crippen molar-refractivity contribution in [1.29, 1.82) is 0 Å². The van der Waals surface area contributed by atoms with Crippen molar-refractivity contribution in [2.75, 3.05) is 7.05 Å². The van der Waals surface area contributed by atoms with Gasteiger partial charge < -0.3 is 10.1 Å². The lowest BCUT2D eigenvalue weighted by Crippen LogP contribution is -2.10. The van der Waals surface area contributed by atoms with Crippen LogP contribution in [0.1, 0.15) is 22.1 Å². The molecule has 1 aromatic heterocycles. The van der Waals surface area contributed by atoms with Crippen molar-refractivity contribution in [3.63, 3.8) is 0 Å². The normalized spacial score (nSPS) is 18.0. The van der Waals surface area contributed by atoms with Crippen molar-refractivity contribution in [2.24, 2.45) is 0 Å². The van der Waals surface area contributed by atoms with Crippen LogP contribution in [0.2, 0.25) is 5.02 Å². The fraction of sp³-hybridized carbons (Fsp3) is 0.188. The zero-order valence-electron chi connectivity index (χ0n) is 12.3. The Morgan fingerprint density at radius 3 is 2.62 bits per heavy atom. The number of ether oxygens (including phenoxy) is 1. The van der Waals surface area contributed by atoms with Gasteiger partial charge in [0, 0.05) is 12.1 Å². The molecule has 3 rings (SSSR count). The maximum Gasteiger partial charge on any atom is 0.416 e. The van der Waals surface area contributed by atoms with E-state index in [2.05, 4.69) is 5.32 Å². The molecule has 2 aromatic rings. The van der Waals surface area contributed by atoms with Crippen molar-refractivity contribution in [2.45, 2.75) is 12.3 Å². The van der Waals surface area contributed by atoms with Gasteiger partial charge in [-0.15, -0.1) is 11.3 Å². The zero-order valence-corrected chi connectivity index (χ0v) is 13.9. The van der Waals surface area contributed by atoms with Gasteiger partial charge in [0.1, 0.15) is 0 Å². The molecule has 0 amide bonds. The summed E-state index contributed by atoms with van der Waals surface area (Å²) < 4.78 is 44.6. The second kappa shape index (κ2) is 6.14. The summed E-state index contributed by atoms with van der Waals surface area (Å²) in [4.78, 5) is 13.4. The third-order valence-electron chi connectivity index (χ3n) is 3.49. The number of carbonyl (C=O) groups is 1. The first-order valence-electron chi connectivity index (χ1n) is 6.85. The highest BCUT2D eigenvalue weighted by Crippen LogP contribution is 2.41. The van der Waals surface area contributed by atoms with Crippen LogP contribution in [0.15, 0.2) is 41.6 Å². The number of ketones is 1. The number of Topliss-reactive ketones (excluding diaryl/α,β-unsaturated/α-hetero) is 1. The van der Waals surface area contributed by atoms with Crippen molar-refractivity contribution >= 4 is 34.3 Å². The fourth-order valence-electron chi connectivity index (χ4n) is 2.46. The molecular weight excluding hydrogens is 363 g/mol. The van der Waals surface area contributed by atoms with Crippen molar-refractivity contribution < 1.29 is 22.7 Å². The van der Waals surface area contributed by atoms with Crippen LogP contribution in [0.5, 0.6) is 0 Å². The molecule has 0 saturated heterocycles. The summed E-state index contributed by atoms with van der Waals surface area (Å²) in [6.07, 6.45) is -5.42. The summed E-state index contributed by atoms with van der Waals surface area (Å²) in [5.74, 6) is -0.272. The zero-order chi connectivity index (χ0) is 17.5. The molecule has 1 aliphatic rings. The van der Waals surface area contributed by atoms with E-state index in [0.29, 0.717) is 4.88 Å². The number of hydrogen-bond acceptors (Lipinski definition) is 4. The molecule has 3 nitrogen and oxygen atoms in total. The molecule has 8 heteroatoms. The quantitative estimate of drug-likeness (QED) is 0.851. The number of halogens is 4. The number of hydrogen-bond donors (Lipinski definition) is 1. The van der Waals surface area contributed by atoms with Crippen LogP contribution in [0.4, 0.5) is 13.2 Å². The third kappa shape index (κ3) is 3.01. The molecule has 0 saturated carbocycles. The van der Waals surface area contributed by atoms with E-state index in [4.69, 9.17) is 16.3 Å². The molecule has 1 atom stereocenters. The van der Waals surface area contributed by atoms with E-state index < -0.39 is 23.6 Å². The molecule has 0 aliphatic carbocycles. The van der Waals surface area contributed by atoms with Gasteiger partial charge in [-0.2, -0.15) is 13.2 Å². The van der Waals surface area contributed by atoms with Gasteiger partial charge in [0.25, 0.3) is 0 Å². The van der Waals surface area contributed by atoms with Gasteiger partial charge in [-0.3, -0.25) is 4.79 Å². The van der Waals surface area contributed by atoms with Crippen LogP contribution in [0.3, 0.4) is 0 Å². The Bertz CT molecular complexity index is 815. The number of nitrogens with one attached hydrogen (secondary N) is 1. The maximum atomic E-state index is 13.0. The first-order valence-corrected chi connectivity index (χ1v) is 8.11. The molecule has 24 heavy (non-hydrogen) atoms. The Balaban J connectivity index is 2.07. The number of benzene rings is 1. The van der Waals surface area contributed by atoms with Crippen LogP contribution >= 0.6 is 22.9 Å². The van der Waals surface area contributed by atoms with Crippen LogP contribution in [0.25, 0.3) is 5.57 Å². The van der Waals surface area contributed by atoms with Gasteiger partial charge in [0.15, 0.2) is 12.0 Å². The summed E-state index contributed by atoms with van der Waals surface area (Å²) in [6, 6.07) is 6.55. The number of alkyl halides is 3. The molecule has 0 fully saturated rings. The first-order chi connectivity index (χ1) is 11.3. The van der Waals surface area contributed by atoms with E-state index in [1.165, 1.54) is 24.5 Å². The minimum Gasteiger partial charge on any atom is -0.461 e. The number of thiophene rings is 1. The Labute approximate surface area is 144 Å². The third-order valence-corrected chi connectivity index (χ3v) is 4.62. The fourth-order valence-corrected chi connectivity index (χ4v) is 3.44. The lowest BCUT2D eigenvalue weighted by Gasteiger charge is -2.10. The largest absolute Gasteiger partial charge is 0.461 e. The van der Waals surface area contributed by atoms with E-state index in [0.717, 1.165) is 12.1 Å². The smallest absolute Gasteiger partial charge is 0.416 e. The molecule has 1 N–H and O–H groups in total. The van der Waals surface area contributed by atoms with Crippen LogP contribution in [-0.4, -0.2) is 12.8 Å². The predicted molar refractivity (Wildman–Crippen MR) is 85.6 cm³/mol.